The number of methoxy groups -OCH3 is 1. The molecule has 0 bridgehead atoms. The molecule has 32 heteroatoms. The van der Waals surface area contributed by atoms with Crippen LogP contribution in [0.5, 0.6) is 5.75 Å². The standard InChI is InChI=1S/2C22H15N7S.C20H16N6OS.C19H13ClN6S/c1-2-13-10-16(3-5-17(13)23-8-1)26-22-27-19-7-9-30-20(19)21(28-22)25-15-4-6-18-14(11-15)12-24-29-18;1-2-13-11-23-8-6-16(13)18(3-1)26-22-27-19-7-9-30-20(19)21(28-22)25-15-4-5-17-14(10-15)12-24-29-17;1-27-15-4-2-3-13(10-15)23-20-24-17-7-8-28-18(17)19(25-20)22-14-5-6-16-12(9-14)11-21-26-16;20-12-2-1-3-13(9-12)23-19-24-16-6-7-27-17(16)18(25-19)22-14-4-5-15-11(8-14)10-21-26-15/h2*1-12H,(H,24,29)(H2,25,26,27,28);2-11H,1H3,(H,21,26)(H2,22,23,24,25);1-10H,(H,21,26)(H2,22,23,24,25). The van der Waals surface area contributed by atoms with Crippen molar-refractivity contribution in [1.29, 1.82) is 0 Å². The maximum absolute atomic E-state index is 6.07. The minimum Gasteiger partial charge on any atom is -0.497 e. The van der Waals surface area contributed by atoms with Gasteiger partial charge in [-0.05, 0) is 185 Å². The average molecular weight is 1600 g/mol. The number of H-pyrrole nitrogens is 4. The number of pyridine rings is 2. The SMILES string of the molecule is COc1cccc(Nc2nc(Nc3ccc4[nH]ncc4c3)c3sccc3n2)c1.Clc1cccc(Nc2nc(Nc3ccc4[nH]ncc4c3)c3sccc3n2)c1.c1cc(Nc2nc(Nc3ccc4[nH]ncc4c3)c3sccc3n2)c2ccncc2c1.c1cnc2ccc(Nc3nc(Nc4ccc5[nH]ncc5c4)c4sccc4n3)cc2c1. The van der Waals surface area contributed by atoms with E-state index >= 15 is 0 Å². The highest BCUT2D eigenvalue weighted by atomic mass is 35.5. The number of fused-ring (bicyclic) bond motifs is 10. The van der Waals surface area contributed by atoms with Crippen LogP contribution >= 0.6 is 56.9 Å². The molecule has 8 aromatic carbocycles. The summed E-state index contributed by atoms with van der Waals surface area (Å²) in [5.41, 5.74) is 15.8. The van der Waals surface area contributed by atoms with Gasteiger partial charge in [0, 0.05) is 113 Å². The molecule has 22 aromatic rings. The molecule has 0 atom stereocenters. The third kappa shape index (κ3) is 15.7. The predicted molar refractivity (Wildman–Crippen MR) is 468 cm³/mol. The Hall–Kier alpha value is -14.9. The van der Waals surface area contributed by atoms with Crippen molar-refractivity contribution in [3.05, 3.63) is 270 Å². The van der Waals surface area contributed by atoms with Gasteiger partial charge < -0.3 is 47.3 Å². The number of hydrogen-bond acceptors (Lipinski definition) is 27. The number of halogens is 1. The molecule has 0 aliphatic carbocycles. The van der Waals surface area contributed by atoms with Crippen molar-refractivity contribution in [3.8, 4) is 5.75 Å². The molecule has 27 nitrogen and oxygen atoms in total. The number of aromatic amines is 4. The molecule has 0 saturated carbocycles. The van der Waals surface area contributed by atoms with E-state index in [9.17, 15) is 0 Å². The third-order valence-electron chi connectivity index (χ3n) is 18.2. The van der Waals surface area contributed by atoms with Crippen LogP contribution in [0.25, 0.3) is 106 Å². The Morgan fingerprint density at radius 3 is 1.16 bits per heavy atom. The molecule has 558 valence electrons. The Bertz CT molecular complexity index is 7280. The predicted octanol–water partition coefficient (Wildman–Crippen LogP) is 22.0. The molecular weight excluding hydrogens is 1540 g/mol. The Kier molecular flexibility index (Phi) is 19.3. The minimum atomic E-state index is 0.509. The molecule has 0 saturated heterocycles. The molecule has 14 aromatic heterocycles. The van der Waals surface area contributed by atoms with Gasteiger partial charge in [0.15, 0.2) is 23.3 Å². The van der Waals surface area contributed by atoms with E-state index < -0.39 is 0 Å². The molecular formula is C83H59ClN26OS4. The van der Waals surface area contributed by atoms with Crippen LogP contribution < -0.4 is 47.3 Å². The molecule has 0 radical (unpaired) electrons. The maximum Gasteiger partial charge on any atom is 0.229 e. The minimum absolute atomic E-state index is 0.509. The molecule has 22 rings (SSSR count). The van der Waals surface area contributed by atoms with E-state index in [4.69, 9.17) is 36.3 Å². The number of hydrogen-bond donors (Lipinski definition) is 12. The average Bonchev–Trinajstić information content (AvgIpc) is 1.75. The highest BCUT2D eigenvalue weighted by molar-refractivity contribution is 7.18. The highest BCUT2D eigenvalue weighted by Gasteiger charge is 2.17. The molecule has 0 aliphatic heterocycles. The summed E-state index contributed by atoms with van der Waals surface area (Å²) < 4.78 is 9.30. The first-order valence-corrected chi connectivity index (χ1v) is 39.5. The summed E-state index contributed by atoms with van der Waals surface area (Å²) in [6.07, 6.45) is 12.6. The summed E-state index contributed by atoms with van der Waals surface area (Å²) in [5.74, 6) is 5.92. The maximum atomic E-state index is 6.07. The Morgan fingerprint density at radius 2 is 0.704 bits per heavy atom. The molecule has 14 heterocycles. The lowest BCUT2D eigenvalue weighted by Gasteiger charge is -2.11. The first-order valence-electron chi connectivity index (χ1n) is 35.6. The Balaban J connectivity index is 0.000000103. The number of anilines is 16. The van der Waals surface area contributed by atoms with Crippen LogP contribution in [-0.2, 0) is 0 Å². The largest absolute Gasteiger partial charge is 0.497 e. The number of benzene rings is 8. The fraction of sp³-hybridized carbons (Fsp3) is 0.0120. The summed E-state index contributed by atoms with van der Waals surface area (Å²) in [4.78, 5) is 46.1. The van der Waals surface area contributed by atoms with E-state index in [1.54, 1.807) is 77.2 Å². The number of thiophene rings is 4. The second kappa shape index (κ2) is 31.5. The van der Waals surface area contributed by atoms with Crippen molar-refractivity contribution in [2.45, 2.75) is 0 Å². The van der Waals surface area contributed by atoms with Crippen LogP contribution in [-0.4, -0.2) is 97.7 Å². The summed E-state index contributed by atoms with van der Waals surface area (Å²) in [6, 6.07) is 65.3. The van der Waals surface area contributed by atoms with Crippen molar-refractivity contribution in [2.24, 2.45) is 0 Å². The molecule has 0 fully saturated rings. The Morgan fingerprint density at radius 1 is 0.313 bits per heavy atom. The van der Waals surface area contributed by atoms with Crippen LogP contribution in [0.2, 0.25) is 5.02 Å². The van der Waals surface area contributed by atoms with E-state index in [1.165, 1.54) is 0 Å². The van der Waals surface area contributed by atoms with Gasteiger partial charge in [-0.1, -0.05) is 41.9 Å². The van der Waals surface area contributed by atoms with Crippen LogP contribution in [0.4, 0.5) is 92.6 Å². The van der Waals surface area contributed by atoms with Gasteiger partial charge in [-0.15, -0.1) is 45.3 Å². The number of nitrogens with one attached hydrogen (secondary N) is 12. The van der Waals surface area contributed by atoms with Crippen LogP contribution in [0.1, 0.15) is 0 Å². The topological polar surface area (TPSA) is 349 Å². The molecule has 12 N–H and O–H groups in total. The lowest BCUT2D eigenvalue weighted by atomic mass is 10.1. The summed E-state index contributed by atoms with van der Waals surface area (Å²) in [6.45, 7) is 0. The molecule has 115 heavy (non-hydrogen) atoms. The summed E-state index contributed by atoms with van der Waals surface area (Å²) in [7, 11) is 1.64. The van der Waals surface area contributed by atoms with Gasteiger partial charge in [0.2, 0.25) is 23.8 Å². The number of aromatic nitrogens is 18. The smallest absolute Gasteiger partial charge is 0.229 e. The second-order valence-corrected chi connectivity index (χ2v) is 30.0. The van der Waals surface area contributed by atoms with Gasteiger partial charge >= 0.3 is 0 Å². The lowest BCUT2D eigenvalue weighted by molar-refractivity contribution is 0.415. The summed E-state index contributed by atoms with van der Waals surface area (Å²) >= 11 is 12.5. The lowest BCUT2D eigenvalue weighted by Crippen LogP contribution is -2.01. The Labute approximate surface area is 671 Å². The van der Waals surface area contributed by atoms with Crippen molar-refractivity contribution in [1.82, 2.24) is 90.6 Å². The van der Waals surface area contributed by atoms with Gasteiger partial charge in [-0.2, -0.15) is 40.3 Å². The van der Waals surface area contributed by atoms with Crippen LogP contribution in [0.3, 0.4) is 0 Å². The normalized spacial score (nSPS) is 11.2. The molecule has 0 spiro atoms. The van der Waals surface area contributed by atoms with Crippen LogP contribution in [0, 0.1) is 0 Å². The molecule has 0 unspecified atom stereocenters. The monoisotopic (exact) mass is 1600 g/mol. The van der Waals surface area contributed by atoms with Gasteiger partial charge in [-0.3, -0.25) is 30.4 Å². The van der Waals surface area contributed by atoms with Gasteiger partial charge in [-0.25, -0.2) is 19.9 Å². The van der Waals surface area contributed by atoms with E-state index in [2.05, 4.69) is 113 Å². The first-order chi connectivity index (χ1) is 56.7. The quantitative estimate of drug-likeness (QED) is 0.0403. The zero-order chi connectivity index (χ0) is 77.0. The van der Waals surface area contributed by atoms with Crippen molar-refractivity contribution >= 4 is 256 Å². The molecule has 0 aliphatic rings. The first kappa shape index (κ1) is 70.5. The van der Waals surface area contributed by atoms with Gasteiger partial charge in [0.1, 0.15) is 5.75 Å². The van der Waals surface area contributed by atoms with Crippen molar-refractivity contribution in [3.63, 3.8) is 0 Å². The van der Waals surface area contributed by atoms with Crippen molar-refractivity contribution < 1.29 is 4.74 Å². The number of nitrogens with zero attached hydrogens (tertiary/aromatic N) is 14. The number of rotatable bonds is 17. The van der Waals surface area contributed by atoms with Gasteiger partial charge in [0.05, 0.1) is 100 Å². The van der Waals surface area contributed by atoms with E-state index in [0.29, 0.717) is 28.8 Å². The number of ether oxygens (including phenoxy) is 1. The second-order valence-electron chi connectivity index (χ2n) is 25.9. The van der Waals surface area contributed by atoms with Crippen LogP contribution in [0.15, 0.2) is 265 Å². The fourth-order valence-corrected chi connectivity index (χ4v) is 16.1. The van der Waals surface area contributed by atoms with Crippen molar-refractivity contribution in [2.75, 3.05) is 49.6 Å². The fourth-order valence-electron chi connectivity index (χ4n) is 12.8. The third-order valence-corrected chi connectivity index (χ3v) is 22.1. The zero-order valence-corrected chi connectivity index (χ0v) is 64.1. The van der Waals surface area contributed by atoms with E-state index in [0.717, 1.165) is 181 Å². The molecule has 0 amide bonds. The zero-order valence-electron chi connectivity index (χ0n) is 60.1. The van der Waals surface area contributed by atoms with Gasteiger partial charge in [0.25, 0.3) is 0 Å². The van der Waals surface area contributed by atoms with E-state index in [-0.39, 0.29) is 0 Å². The highest BCUT2D eigenvalue weighted by Crippen LogP contribution is 2.38. The van der Waals surface area contributed by atoms with E-state index in [1.807, 2.05) is 240 Å². The summed E-state index contributed by atoms with van der Waals surface area (Å²) in [5, 5.41) is 71.1.